The highest BCUT2D eigenvalue weighted by Gasteiger charge is 2.25. The van der Waals surface area contributed by atoms with E-state index < -0.39 is 0 Å². The number of hydrogen-bond donors (Lipinski definition) is 1. The van der Waals surface area contributed by atoms with E-state index in [1.165, 1.54) is 11.1 Å². The minimum atomic E-state index is 0.0736. The quantitative estimate of drug-likeness (QED) is 0.424. The van der Waals surface area contributed by atoms with Crippen LogP contribution < -0.4 is 10.1 Å². The van der Waals surface area contributed by atoms with Crippen molar-refractivity contribution in [3.8, 4) is 17.1 Å². The van der Waals surface area contributed by atoms with Crippen LogP contribution in [-0.4, -0.2) is 46.7 Å². The van der Waals surface area contributed by atoms with Gasteiger partial charge in [0.15, 0.2) is 0 Å². The van der Waals surface area contributed by atoms with Crippen molar-refractivity contribution in [3.63, 3.8) is 0 Å². The largest absolute Gasteiger partial charge is 0.491 e. The molecule has 1 aliphatic heterocycles. The van der Waals surface area contributed by atoms with Crippen molar-refractivity contribution in [1.82, 2.24) is 20.4 Å². The van der Waals surface area contributed by atoms with Crippen LogP contribution in [0, 0.1) is 12.8 Å². The van der Waals surface area contributed by atoms with E-state index in [-0.39, 0.29) is 17.9 Å². The molecule has 1 aliphatic rings. The first-order chi connectivity index (χ1) is 17.0. The molecule has 0 radical (unpaired) electrons. The topological polar surface area (TPSA) is 80.5 Å². The molecule has 0 saturated carbocycles. The first-order valence-electron chi connectivity index (χ1n) is 12.6. The summed E-state index contributed by atoms with van der Waals surface area (Å²) >= 11 is 0. The molecule has 1 aromatic heterocycles. The number of nitrogens with zero attached hydrogens (tertiary/aromatic N) is 3. The predicted molar refractivity (Wildman–Crippen MR) is 136 cm³/mol. The highest BCUT2D eigenvalue weighted by Crippen LogP contribution is 2.21. The number of amides is 1. The van der Waals surface area contributed by atoms with E-state index in [1.807, 2.05) is 50.2 Å². The lowest BCUT2D eigenvalue weighted by Gasteiger charge is -2.30. The molecule has 1 saturated heterocycles. The molecule has 0 spiro atoms. The van der Waals surface area contributed by atoms with Gasteiger partial charge in [0.05, 0.1) is 12.6 Å². The Morgan fingerprint density at radius 2 is 1.83 bits per heavy atom. The molecule has 1 amide bonds. The molecule has 0 atom stereocenters. The first kappa shape index (κ1) is 24.9. The van der Waals surface area contributed by atoms with Crippen LogP contribution in [0.4, 0.5) is 0 Å². The van der Waals surface area contributed by atoms with Crippen molar-refractivity contribution < 1.29 is 14.1 Å². The molecule has 0 unspecified atom stereocenters. The average molecular weight is 477 g/mol. The van der Waals surface area contributed by atoms with Gasteiger partial charge in [0.25, 0.3) is 0 Å². The van der Waals surface area contributed by atoms with Gasteiger partial charge in [0.1, 0.15) is 5.75 Å². The maximum absolute atomic E-state index is 12.6. The zero-order chi connectivity index (χ0) is 24.6. The summed E-state index contributed by atoms with van der Waals surface area (Å²) in [6.07, 6.45) is 3.74. The summed E-state index contributed by atoms with van der Waals surface area (Å²) in [6, 6.07) is 16.3. The second-order valence-electron chi connectivity index (χ2n) is 9.63. The summed E-state index contributed by atoms with van der Waals surface area (Å²) in [5, 5.41) is 7.25. The highest BCUT2D eigenvalue weighted by molar-refractivity contribution is 5.78. The number of rotatable bonds is 10. The van der Waals surface area contributed by atoms with Crippen LogP contribution in [0.5, 0.6) is 5.75 Å². The molecule has 1 fully saturated rings. The normalized spacial score (nSPS) is 14.9. The number of ether oxygens (including phenoxy) is 1. The average Bonchev–Trinajstić information content (AvgIpc) is 3.31. The van der Waals surface area contributed by atoms with Gasteiger partial charge in [-0.15, -0.1) is 0 Å². The Morgan fingerprint density at radius 1 is 1.11 bits per heavy atom. The van der Waals surface area contributed by atoms with E-state index in [2.05, 4.69) is 39.4 Å². The third-order valence-corrected chi connectivity index (χ3v) is 6.33. The Morgan fingerprint density at radius 3 is 2.51 bits per heavy atom. The number of hydrogen-bond acceptors (Lipinski definition) is 6. The molecule has 2 heterocycles. The van der Waals surface area contributed by atoms with Crippen LogP contribution >= 0.6 is 0 Å². The first-order valence-corrected chi connectivity index (χ1v) is 12.6. The van der Waals surface area contributed by atoms with Crippen LogP contribution in [0.1, 0.15) is 50.1 Å². The fourth-order valence-electron chi connectivity index (χ4n) is 4.34. The number of carbonyl (C=O) groups excluding carboxylic acids is 1. The third kappa shape index (κ3) is 7.39. The van der Waals surface area contributed by atoms with E-state index in [1.54, 1.807) is 0 Å². The Hall–Kier alpha value is -3.19. The summed E-state index contributed by atoms with van der Waals surface area (Å²) < 4.78 is 11.1. The SMILES string of the molecule is Cc1ccc(-c2noc(CN3CCC(C(=O)NCCCc4ccc(OC(C)C)cc4)CC3)n2)cc1. The van der Waals surface area contributed by atoms with E-state index in [9.17, 15) is 4.79 Å². The summed E-state index contributed by atoms with van der Waals surface area (Å²) in [5.41, 5.74) is 3.42. The number of aromatic nitrogens is 2. The summed E-state index contributed by atoms with van der Waals surface area (Å²) in [5.74, 6) is 2.38. The minimum absolute atomic E-state index is 0.0736. The molecule has 7 nitrogen and oxygen atoms in total. The van der Waals surface area contributed by atoms with Gasteiger partial charge in [-0.1, -0.05) is 47.1 Å². The monoisotopic (exact) mass is 476 g/mol. The highest BCUT2D eigenvalue weighted by atomic mass is 16.5. The van der Waals surface area contributed by atoms with Crippen LogP contribution in [-0.2, 0) is 17.8 Å². The lowest BCUT2D eigenvalue weighted by Crippen LogP contribution is -2.40. The minimum Gasteiger partial charge on any atom is -0.491 e. The Balaban J connectivity index is 1.14. The van der Waals surface area contributed by atoms with Crippen molar-refractivity contribution in [2.24, 2.45) is 5.92 Å². The van der Waals surface area contributed by atoms with Crippen LogP contribution in [0.3, 0.4) is 0 Å². The van der Waals surface area contributed by atoms with Gasteiger partial charge in [-0.3, -0.25) is 9.69 Å². The number of benzene rings is 2. The fourth-order valence-corrected chi connectivity index (χ4v) is 4.34. The zero-order valence-electron chi connectivity index (χ0n) is 21.0. The predicted octanol–water partition coefficient (Wildman–Crippen LogP) is 4.79. The molecule has 7 heteroatoms. The van der Waals surface area contributed by atoms with Crippen molar-refractivity contribution >= 4 is 5.91 Å². The lowest BCUT2D eigenvalue weighted by molar-refractivity contribution is -0.126. The van der Waals surface area contributed by atoms with E-state index >= 15 is 0 Å². The van der Waals surface area contributed by atoms with Crippen molar-refractivity contribution in [3.05, 3.63) is 65.5 Å². The number of piperidine rings is 1. The molecule has 0 bridgehead atoms. The molecule has 1 N–H and O–H groups in total. The van der Waals surface area contributed by atoms with Gasteiger partial charge >= 0.3 is 0 Å². The molecular formula is C28H36N4O3. The Bertz CT molecular complexity index is 1070. The molecule has 35 heavy (non-hydrogen) atoms. The molecule has 186 valence electrons. The van der Waals surface area contributed by atoms with Crippen molar-refractivity contribution in [2.45, 2.75) is 59.1 Å². The summed E-state index contributed by atoms with van der Waals surface area (Å²) in [7, 11) is 0. The zero-order valence-corrected chi connectivity index (χ0v) is 21.0. The van der Waals surface area contributed by atoms with Crippen LogP contribution in [0.2, 0.25) is 0 Å². The second kappa shape index (κ2) is 12.0. The van der Waals surface area contributed by atoms with E-state index in [0.29, 0.717) is 24.8 Å². The van der Waals surface area contributed by atoms with Gasteiger partial charge in [0, 0.05) is 18.0 Å². The van der Waals surface area contributed by atoms with Gasteiger partial charge in [-0.2, -0.15) is 4.98 Å². The summed E-state index contributed by atoms with van der Waals surface area (Å²) in [6.45, 7) is 9.13. The van der Waals surface area contributed by atoms with E-state index in [0.717, 1.165) is 50.1 Å². The summed E-state index contributed by atoms with van der Waals surface area (Å²) in [4.78, 5) is 19.4. The Kier molecular flexibility index (Phi) is 8.53. The molecule has 3 aromatic rings. The van der Waals surface area contributed by atoms with Gasteiger partial charge in [0.2, 0.25) is 17.6 Å². The Labute approximate surface area is 207 Å². The van der Waals surface area contributed by atoms with Crippen LogP contribution in [0.15, 0.2) is 53.1 Å². The smallest absolute Gasteiger partial charge is 0.241 e. The maximum Gasteiger partial charge on any atom is 0.241 e. The molecular weight excluding hydrogens is 440 g/mol. The van der Waals surface area contributed by atoms with Gasteiger partial charge in [-0.05, 0) is 77.2 Å². The molecule has 0 aliphatic carbocycles. The maximum atomic E-state index is 12.6. The number of carbonyl (C=O) groups is 1. The molecule has 2 aromatic carbocycles. The van der Waals surface area contributed by atoms with Crippen molar-refractivity contribution in [2.75, 3.05) is 19.6 Å². The lowest BCUT2D eigenvalue weighted by atomic mass is 9.96. The van der Waals surface area contributed by atoms with E-state index in [4.69, 9.17) is 9.26 Å². The number of aryl methyl sites for hydroxylation is 2. The van der Waals surface area contributed by atoms with Gasteiger partial charge < -0.3 is 14.6 Å². The van der Waals surface area contributed by atoms with Gasteiger partial charge in [-0.25, -0.2) is 0 Å². The third-order valence-electron chi connectivity index (χ3n) is 6.33. The molecule has 4 rings (SSSR count). The fraction of sp³-hybridized carbons (Fsp3) is 0.464. The standard InChI is InChI=1S/C28H36N4O3/c1-20(2)34-25-12-8-22(9-13-25)5-4-16-29-28(33)24-14-17-32(18-15-24)19-26-30-27(31-35-26)23-10-6-21(3)7-11-23/h6-13,20,24H,4-5,14-19H2,1-3H3,(H,29,33). The second-order valence-corrected chi connectivity index (χ2v) is 9.63. The number of nitrogens with one attached hydrogen (secondary N) is 1. The van der Waals surface area contributed by atoms with Crippen LogP contribution in [0.25, 0.3) is 11.4 Å². The van der Waals surface area contributed by atoms with Crippen molar-refractivity contribution in [1.29, 1.82) is 0 Å². The number of likely N-dealkylation sites (tertiary alicyclic amines) is 1.